The molecule has 0 aliphatic carbocycles. The lowest BCUT2D eigenvalue weighted by Gasteiger charge is -2.29. The molecular formula is C13H23N5O2. The van der Waals surface area contributed by atoms with Gasteiger partial charge in [0.05, 0.1) is 4.92 Å². The molecule has 1 N–H and O–H groups in total. The molecule has 1 aromatic heterocycles. The Balaban J connectivity index is 2.23. The van der Waals surface area contributed by atoms with Crippen molar-refractivity contribution in [3.8, 4) is 0 Å². The second-order valence-corrected chi connectivity index (χ2v) is 5.36. The number of nitrogens with zero attached hydrogens (tertiary/aromatic N) is 4. The Kier molecular flexibility index (Phi) is 4.59. The summed E-state index contributed by atoms with van der Waals surface area (Å²) in [7, 11) is 1.91. The third-order valence-electron chi connectivity index (χ3n) is 3.82. The minimum absolute atomic E-state index is 0.130. The first-order valence-corrected chi connectivity index (χ1v) is 7.21. The summed E-state index contributed by atoms with van der Waals surface area (Å²) in [4.78, 5) is 12.9. The average molecular weight is 281 g/mol. The number of likely N-dealkylation sites (N-methyl/N-ethyl adjacent to an activating group) is 1. The minimum atomic E-state index is -0.325. The molecule has 1 fully saturated rings. The Bertz CT molecular complexity index is 479. The van der Waals surface area contributed by atoms with Crippen LogP contribution >= 0.6 is 0 Å². The SMILES string of the molecule is CCn1nc(C)c([N+](=O)[O-])c1N(C)CC1CCCCN1. The molecule has 1 aliphatic rings. The first kappa shape index (κ1) is 14.8. The van der Waals surface area contributed by atoms with Crippen LogP contribution in [0.1, 0.15) is 31.9 Å². The Morgan fingerprint density at radius 3 is 2.85 bits per heavy atom. The van der Waals surface area contributed by atoms with E-state index in [1.54, 1.807) is 11.6 Å². The van der Waals surface area contributed by atoms with Crippen molar-refractivity contribution < 1.29 is 4.92 Å². The van der Waals surface area contributed by atoms with E-state index in [2.05, 4.69) is 10.4 Å². The van der Waals surface area contributed by atoms with E-state index in [1.165, 1.54) is 12.8 Å². The van der Waals surface area contributed by atoms with Crippen molar-refractivity contribution in [1.82, 2.24) is 15.1 Å². The van der Waals surface area contributed by atoms with Gasteiger partial charge in [0, 0.05) is 26.2 Å². The number of aryl methyl sites for hydroxylation is 2. The molecule has 2 heterocycles. The zero-order valence-corrected chi connectivity index (χ0v) is 12.4. The van der Waals surface area contributed by atoms with E-state index in [0.717, 1.165) is 19.5 Å². The van der Waals surface area contributed by atoms with Crippen molar-refractivity contribution in [2.24, 2.45) is 0 Å². The largest absolute Gasteiger partial charge is 0.353 e. The van der Waals surface area contributed by atoms with Gasteiger partial charge in [-0.2, -0.15) is 5.10 Å². The molecule has 1 aliphatic heterocycles. The van der Waals surface area contributed by atoms with Crippen LogP contribution in [-0.2, 0) is 6.54 Å². The fourth-order valence-corrected chi connectivity index (χ4v) is 2.87. The van der Waals surface area contributed by atoms with Crippen molar-refractivity contribution in [2.45, 2.75) is 45.7 Å². The quantitative estimate of drug-likeness (QED) is 0.656. The number of aromatic nitrogens is 2. The lowest BCUT2D eigenvalue weighted by atomic mass is 10.0. The predicted molar refractivity (Wildman–Crippen MR) is 78.2 cm³/mol. The van der Waals surface area contributed by atoms with E-state index >= 15 is 0 Å². The van der Waals surface area contributed by atoms with Gasteiger partial charge in [-0.3, -0.25) is 10.1 Å². The predicted octanol–water partition coefficient (Wildman–Crippen LogP) is 1.70. The van der Waals surface area contributed by atoms with Gasteiger partial charge in [0.2, 0.25) is 5.82 Å². The zero-order valence-electron chi connectivity index (χ0n) is 12.4. The molecule has 112 valence electrons. The van der Waals surface area contributed by atoms with Gasteiger partial charge in [0.25, 0.3) is 0 Å². The molecular weight excluding hydrogens is 258 g/mol. The van der Waals surface area contributed by atoms with Crippen LogP contribution in [0.4, 0.5) is 11.5 Å². The highest BCUT2D eigenvalue weighted by molar-refractivity contribution is 5.61. The zero-order chi connectivity index (χ0) is 14.7. The van der Waals surface area contributed by atoms with Gasteiger partial charge in [-0.1, -0.05) is 6.42 Å². The van der Waals surface area contributed by atoms with E-state index in [4.69, 9.17) is 0 Å². The van der Waals surface area contributed by atoms with Crippen molar-refractivity contribution in [2.75, 3.05) is 25.0 Å². The first-order chi connectivity index (χ1) is 9.54. The fraction of sp³-hybridized carbons (Fsp3) is 0.769. The van der Waals surface area contributed by atoms with Gasteiger partial charge in [0.15, 0.2) is 0 Å². The maximum absolute atomic E-state index is 11.3. The normalized spacial score (nSPS) is 19.1. The van der Waals surface area contributed by atoms with Crippen LogP contribution < -0.4 is 10.2 Å². The van der Waals surface area contributed by atoms with Crippen LogP contribution in [0.25, 0.3) is 0 Å². The molecule has 7 heteroatoms. The van der Waals surface area contributed by atoms with Gasteiger partial charge in [-0.25, -0.2) is 4.68 Å². The van der Waals surface area contributed by atoms with Crippen molar-refractivity contribution in [1.29, 1.82) is 0 Å². The Hall–Kier alpha value is -1.63. The summed E-state index contributed by atoms with van der Waals surface area (Å²) < 4.78 is 1.72. The monoisotopic (exact) mass is 281 g/mol. The molecule has 1 atom stereocenters. The Morgan fingerprint density at radius 1 is 1.55 bits per heavy atom. The molecule has 0 aromatic carbocycles. The molecule has 1 aromatic rings. The molecule has 7 nitrogen and oxygen atoms in total. The van der Waals surface area contributed by atoms with Crippen LogP contribution in [0, 0.1) is 17.0 Å². The van der Waals surface area contributed by atoms with Crippen LogP contribution in [-0.4, -0.2) is 40.9 Å². The average Bonchev–Trinajstić information content (AvgIpc) is 2.76. The highest BCUT2D eigenvalue weighted by Crippen LogP contribution is 2.31. The number of hydrogen-bond acceptors (Lipinski definition) is 5. The smallest absolute Gasteiger partial charge is 0.333 e. The van der Waals surface area contributed by atoms with E-state index in [9.17, 15) is 10.1 Å². The molecule has 1 saturated heterocycles. The molecule has 1 unspecified atom stereocenters. The van der Waals surface area contributed by atoms with E-state index in [-0.39, 0.29) is 10.6 Å². The Morgan fingerprint density at radius 2 is 2.30 bits per heavy atom. The summed E-state index contributed by atoms with van der Waals surface area (Å²) in [5, 5.41) is 19.0. The molecule has 0 amide bonds. The minimum Gasteiger partial charge on any atom is -0.353 e. The summed E-state index contributed by atoms with van der Waals surface area (Å²) >= 11 is 0. The summed E-state index contributed by atoms with van der Waals surface area (Å²) in [6.07, 6.45) is 3.56. The molecule has 2 rings (SSSR count). The summed E-state index contributed by atoms with van der Waals surface area (Å²) in [5.74, 6) is 0.613. The first-order valence-electron chi connectivity index (χ1n) is 7.21. The number of piperidine rings is 1. The maximum atomic E-state index is 11.3. The molecule has 0 saturated carbocycles. The van der Waals surface area contributed by atoms with Gasteiger partial charge in [-0.05, 0) is 33.2 Å². The molecule has 0 spiro atoms. The summed E-state index contributed by atoms with van der Waals surface area (Å²) in [5.41, 5.74) is 0.612. The highest BCUT2D eigenvalue weighted by Gasteiger charge is 2.28. The van der Waals surface area contributed by atoms with Crippen LogP contribution in [0.2, 0.25) is 0 Å². The second kappa shape index (κ2) is 6.21. The lowest BCUT2D eigenvalue weighted by molar-refractivity contribution is -0.384. The van der Waals surface area contributed by atoms with Gasteiger partial charge in [0.1, 0.15) is 5.69 Å². The van der Waals surface area contributed by atoms with E-state index < -0.39 is 0 Å². The van der Waals surface area contributed by atoms with Crippen LogP contribution in [0.15, 0.2) is 0 Å². The van der Waals surface area contributed by atoms with Crippen LogP contribution in [0.5, 0.6) is 0 Å². The molecule has 0 radical (unpaired) electrons. The summed E-state index contributed by atoms with van der Waals surface area (Å²) in [6.45, 7) is 6.08. The number of nitrogens with one attached hydrogen (secondary N) is 1. The lowest BCUT2D eigenvalue weighted by Crippen LogP contribution is -2.43. The van der Waals surface area contributed by atoms with Gasteiger partial charge < -0.3 is 10.2 Å². The standard InChI is InChI=1S/C13H23N5O2/c1-4-17-13(12(18(19)20)10(2)15-17)16(3)9-11-7-5-6-8-14-11/h11,14H,4-9H2,1-3H3. The van der Waals surface area contributed by atoms with Crippen molar-refractivity contribution >= 4 is 11.5 Å². The van der Waals surface area contributed by atoms with Gasteiger partial charge in [-0.15, -0.1) is 0 Å². The van der Waals surface area contributed by atoms with Gasteiger partial charge >= 0.3 is 5.69 Å². The Labute approximate surface area is 119 Å². The maximum Gasteiger partial charge on any atom is 0.333 e. The number of hydrogen-bond donors (Lipinski definition) is 1. The second-order valence-electron chi connectivity index (χ2n) is 5.36. The van der Waals surface area contributed by atoms with Crippen molar-refractivity contribution in [3.05, 3.63) is 15.8 Å². The van der Waals surface area contributed by atoms with Crippen LogP contribution in [0.3, 0.4) is 0 Å². The number of nitro groups is 1. The number of rotatable bonds is 5. The molecule has 20 heavy (non-hydrogen) atoms. The molecule has 0 bridgehead atoms. The summed E-state index contributed by atoms with van der Waals surface area (Å²) in [6, 6.07) is 0.397. The van der Waals surface area contributed by atoms with E-state index in [0.29, 0.717) is 24.1 Å². The van der Waals surface area contributed by atoms with Crippen molar-refractivity contribution in [3.63, 3.8) is 0 Å². The number of anilines is 1. The fourth-order valence-electron chi connectivity index (χ4n) is 2.87. The third kappa shape index (κ3) is 2.92. The highest BCUT2D eigenvalue weighted by atomic mass is 16.6. The van der Waals surface area contributed by atoms with E-state index in [1.807, 2.05) is 18.9 Å². The topological polar surface area (TPSA) is 76.2 Å². The third-order valence-corrected chi connectivity index (χ3v) is 3.82.